The van der Waals surface area contributed by atoms with Gasteiger partial charge in [0.05, 0.1) is 10.6 Å². The van der Waals surface area contributed by atoms with E-state index in [1.54, 1.807) is 18.2 Å². The van der Waals surface area contributed by atoms with Gasteiger partial charge < -0.3 is 5.32 Å². The summed E-state index contributed by atoms with van der Waals surface area (Å²) in [5.41, 5.74) is 2.31. The molecule has 2 aromatic carbocycles. The molecule has 2 nitrogen and oxygen atoms in total. The number of benzene rings is 2. The molecule has 2 rings (SSSR count). The second-order valence-electron chi connectivity index (χ2n) is 4.97. The molecule has 0 heterocycles. The first-order valence-corrected chi connectivity index (χ1v) is 7.63. The number of amides is 1. The first-order valence-electron chi connectivity index (χ1n) is 6.88. The second kappa shape index (κ2) is 6.97. The first kappa shape index (κ1) is 15.9. The third-order valence-electron chi connectivity index (χ3n) is 3.53. The van der Waals surface area contributed by atoms with Crippen molar-refractivity contribution >= 4 is 34.8 Å². The van der Waals surface area contributed by atoms with E-state index in [2.05, 4.69) is 19.2 Å². The molecule has 110 valence electrons. The molecule has 1 unspecified atom stereocenters. The van der Waals surface area contributed by atoms with E-state index in [4.69, 9.17) is 23.2 Å². The van der Waals surface area contributed by atoms with Crippen LogP contribution in [0.3, 0.4) is 0 Å². The summed E-state index contributed by atoms with van der Waals surface area (Å²) in [4.78, 5) is 12.4. The molecule has 2 aromatic rings. The van der Waals surface area contributed by atoms with Crippen LogP contribution < -0.4 is 5.32 Å². The fourth-order valence-corrected chi connectivity index (χ4v) is 2.50. The Kier molecular flexibility index (Phi) is 5.27. The molecule has 4 heteroatoms. The second-order valence-corrected chi connectivity index (χ2v) is 5.82. The van der Waals surface area contributed by atoms with Gasteiger partial charge in [0, 0.05) is 10.7 Å². The third kappa shape index (κ3) is 3.78. The minimum absolute atomic E-state index is 0.252. The van der Waals surface area contributed by atoms with Crippen molar-refractivity contribution in [1.82, 2.24) is 0 Å². The molecule has 0 aliphatic rings. The topological polar surface area (TPSA) is 29.1 Å². The van der Waals surface area contributed by atoms with Crippen LogP contribution in [0.15, 0.2) is 42.5 Å². The highest BCUT2D eigenvalue weighted by Gasteiger charge is 2.14. The fourth-order valence-electron chi connectivity index (χ4n) is 2.12. The summed E-state index contributed by atoms with van der Waals surface area (Å²) < 4.78 is 0. The monoisotopic (exact) mass is 321 g/mol. The van der Waals surface area contributed by atoms with Crippen molar-refractivity contribution in [2.24, 2.45) is 0 Å². The number of halogens is 2. The van der Waals surface area contributed by atoms with Gasteiger partial charge in [0.25, 0.3) is 5.91 Å². The lowest BCUT2D eigenvalue weighted by molar-refractivity contribution is 0.102. The normalized spacial score (nSPS) is 12.0. The van der Waals surface area contributed by atoms with E-state index < -0.39 is 0 Å². The van der Waals surface area contributed by atoms with Crippen LogP contribution in [0.5, 0.6) is 0 Å². The Labute approximate surface area is 135 Å². The standard InChI is InChI=1S/C17H17Cl2NO/c1-3-11(2)13-6-4-5-7-16(13)20-17(21)14-10-12(18)8-9-15(14)19/h4-11H,3H2,1-2H3,(H,20,21). The lowest BCUT2D eigenvalue weighted by atomic mass is 9.97. The number of hydrogen-bond donors (Lipinski definition) is 1. The van der Waals surface area contributed by atoms with E-state index >= 15 is 0 Å². The average Bonchev–Trinajstić information content (AvgIpc) is 2.49. The summed E-state index contributed by atoms with van der Waals surface area (Å²) >= 11 is 12.0. The van der Waals surface area contributed by atoms with Crippen molar-refractivity contribution < 1.29 is 4.79 Å². The molecule has 0 aliphatic heterocycles. The molecule has 1 atom stereocenters. The van der Waals surface area contributed by atoms with Crippen molar-refractivity contribution in [2.45, 2.75) is 26.2 Å². The molecule has 0 fully saturated rings. The van der Waals surface area contributed by atoms with Gasteiger partial charge in [-0.1, -0.05) is 55.2 Å². The molecule has 0 radical (unpaired) electrons. The van der Waals surface area contributed by atoms with Gasteiger partial charge in [-0.05, 0) is 42.2 Å². The summed E-state index contributed by atoms with van der Waals surface area (Å²) in [5.74, 6) is 0.120. The van der Waals surface area contributed by atoms with E-state index in [0.29, 0.717) is 21.5 Å². The summed E-state index contributed by atoms with van der Waals surface area (Å²) in [5, 5.41) is 3.80. The largest absolute Gasteiger partial charge is 0.322 e. The SMILES string of the molecule is CCC(C)c1ccccc1NC(=O)c1cc(Cl)ccc1Cl. The summed E-state index contributed by atoms with van der Waals surface area (Å²) in [7, 11) is 0. The van der Waals surface area contributed by atoms with Crippen LogP contribution in [-0.2, 0) is 0 Å². The van der Waals surface area contributed by atoms with Crippen molar-refractivity contribution in [3.05, 3.63) is 63.6 Å². The number of carbonyl (C=O) groups excluding carboxylic acids is 1. The number of para-hydroxylation sites is 1. The quantitative estimate of drug-likeness (QED) is 0.762. The van der Waals surface area contributed by atoms with Crippen LogP contribution >= 0.6 is 23.2 Å². The van der Waals surface area contributed by atoms with Crippen molar-refractivity contribution in [3.8, 4) is 0 Å². The fraction of sp³-hybridized carbons (Fsp3) is 0.235. The maximum Gasteiger partial charge on any atom is 0.257 e. The zero-order valence-electron chi connectivity index (χ0n) is 12.0. The minimum Gasteiger partial charge on any atom is -0.322 e. The Hall–Kier alpha value is -1.51. The van der Waals surface area contributed by atoms with Crippen LogP contribution in [0.2, 0.25) is 10.0 Å². The zero-order chi connectivity index (χ0) is 15.4. The van der Waals surface area contributed by atoms with E-state index in [0.717, 1.165) is 17.7 Å². The maximum absolute atomic E-state index is 12.4. The Balaban J connectivity index is 2.30. The molecule has 0 saturated carbocycles. The van der Waals surface area contributed by atoms with Crippen LogP contribution in [0.25, 0.3) is 0 Å². The van der Waals surface area contributed by atoms with Gasteiger partial charge in [-0.2, -0.15) is 0 Å². The van der Waals surface area contributed by atoms with E-state index in [9.17, 15) is 4.79 Å². The highest BCUT2D eigenvalue weighted by atomic mass is 35.5. The molecular formula is C17H17Cl2NO. The smallest absolute Gasteiger partial charge is 0.257 e. The Bertz CT molecular complexity index is 655. The van der Waals surface area contributed by atoms with Crippen molar-refractivity contribution in [1.29, 1.82) is 0 Å². The van der Waals surface area contributed by atoms with Gasteiger partial charge in [0.2, 0.25) is 0 Å². The Morgan fingerprint density at radius 2 is 1.90 bits per heavy atom. The number of carbonyl (C=O) groups is 1. The molecule has 1 N–H and O–H groups in total. The van der Waals surface area contributed by atoms with Gasteiger partial charge in [-0.3, -0.25) is 4.79 Å². The molecule has 0 saturated heterocycles. The number of rotatable bonds is 4. The first-order chi connectivity index (χ1) is 10.0. The zero-order valence-corrected chi connectivity index (χ0v) is 13.5. The Morgan fingerprint density at radius 3 is 2.62 bits per heavy atom. The van der Waals surface area contributed by atoms with Crippen LogP contribution in [0.1, 0.15) is 42.1 Å². The molecule has 21 heavy (non-hydrogen) atoms. The molecular weight excluding hydrogens is 305 g/mol. The Morgan fingerprint density at radius 1 is 1.19 bits per heavy atom. The maximum atomic E-state index is 12.4. The molecule has 0 aromatic heterocycles. The number of nitrogens with one attached hydrogen (secondary N) is 1. The van der Waals surface area contributed by atoms with Gasteiger partial charge in [-0.15, -0.1) is 0 Å². The molecule has 0 bridgehead atoms. The summed E-state index contributed by atoms with van der Waals surface area (Å²) in [6.07, 6.45) is 1.00. The van der Waals surface area contributed by atoms with Crippen molar-refractivity contribution in [2.75, 3.05) is 5.32 Å². The number of hydrogen-bond acceptors (Lipinski definition) is 1. The highest BCUT2D eigenvalue weighted by molar-refractivity contribution is 6.36. The van der Waals surface area contributed by atoms with E-state index in [-0.39, 0.29) is 5.91 Å². The van der Waals surface area contributed by atoms with Gasteiger partial charge in [-0.25, -0.2) is 0 Å². The predicted molar refractivity (Wildman–Crippen MR) is 89.6 cm³/mol. The van der Waals surface area contributed by atoms with E-state index in [1.807, 2.05) is 24.3 Å². The lowest BCUT2D eigenvalue weighted by Crippen LogP contribution is -2.14. The van der Waals surface area contributed by atoms with Gasteiger partial charge >= 0.3 is 0 Å². The molecule has 0 aliphatic carbocycles. The molecule has 1 amide bonds. The van der Waals surface area contributed by atoms with Crippen molar-refractivity contribution in [3.63, 3.8) is 0 Å². The van der Waals surface area contributed by atoms with Crippen LogP contribution in [0.4, 0.5) is 5.69 Å². The molecule has 0 spiro atoms. The van der Waals surface area contributed by atoms with E-state index in [1.165, 1.54) is 0 Å². The number of anilines is 1. The summed E-state index contributed by atoms with van der Waals surface area (Å²) in [6, 6.07) is 12.7. The lowest BCUT2D eigenvalue weighted by Gasteiger charge is -2.16. The van der Waals surface area contributed by atoms with Gasteiger partial charge in [0.1, 0.15) is 0 Å². The average molecular weight is 322 g/mol. The highest BCUT2D eigenvalue weighted by Crippen LogP contribution is 2.28. The van der Waals surface area contributed by atoms with Crippen LogP contribution in [-0.4, -0.2) is 5.91 Å². The summed E-state index contributed by atoms with van der Waals surface area (Å²) in [6.45, 7) is 4.26. The van der Waals surface area contributed by atoms with Crippen LogP contribution in [0, 0.1) is 0 Å². The predicted octanol–water partition coefficient (Wildman–Crippen LogP) is 5.76. The third-order valence-corrected chi connectivity index (χ3v) is 4.09. The minimum atomic E-state index is -0.252. The van der Waals surface area contributed by atoms with Gasteiger partial charge in [0.15, 0.2) is 0 Å².